The molecule has 1 amide bonds. The average Bonchev–Trinajstić information content (AvgIpc) is 2.87. The van der Waals surface area contributed by atoms with Crippen LogP contribution in [0, 0.1) is 17.0 Å². The molecule has 2 aromatic heterocycles. The van der Waals surface area contributed by atoms with Crippen molar-refractivity contribution < 1.29 is 9.72 Å². The van der Waals surface area contributed by atoms with Gasteiger partial charge in [-0.05, 0) is 19.1 Å². The normalized spacial score (nSPS) is 10.6. The highest BCUT2D eigenvalue weighted by Gasteiger charge is 2.19. The van der Waals surface area contributed by atoms with E-state index in [1.54, 1.807) is 42.9 Å². The van der Waals surface area contributed by atoms with E-state index in [0.717, 1.165) is 22.9 Å². The Labute approximate surface area is 158 Å². The Hall–Kier alpha value is -3.95. The number of carbonyl (C=O) groups excluding carboxylic acids is 1. The first-order chi connectivity index (χ1) is 13.3. The number of para-hydroxylation sites is 1. The van der Waals surface area contributed by atoms with Gasteiger partial charge < -0.3 is 5.32 Å². The van der Waals surface area contributed by atoms with Crippen molar-refractivity contribution in [2.45, 2.75) is 13.5 Å². The molecule has 2 heterocycles. The van der Waals surface area contributed by atoms with Crippen LogP contribution in [0.3, 0.4) is 0 Å². The first-order valence-corrected chi connectivity index (χ1v) is 8.28. The molecule has 0 spiro atoms. The van der Waals surface area contributed by atoms with Crippen molar-refractivity contribution in [2.75, 3.05) is 5.32 Å². The number of aromatic nitrogens is 3. The molecule has 3 aromatic rings. The van der Waals surface area contributed by atoms with Gasteiger partial charge in [-0.1, -0.05) is 18.2 Å². The molecule has 0 unspecified atom stereocenters. The number of nitro groups is 1. The van der Waals surface area contributed by atoms with Crippen molar-refractivity contribution in [1.29, 1.82) is 0 Å². The molecule has 144 valence electrons. The van der Waals surface area contributed by atoms with E-state index in [1.807, 2.05) is 6.07 Å². The zero-order chi connectivity index (χ0) is 20.4. The molecule has 28 heavy (non-hydrogen) atoms. The van der Waals surface area contributed by atoms with Crippen molar-refractivity contribution in [3.05, 3.63) is 85.2 Å². The lowest BCUT2D eigenvalue weighted by Gasteiger charge is -2.07. The number of amides is 1. The minimum Gasteiger partial charge on any atom is -0.318 e. The van der Waals surface area contributed by atoms with Crippen LogP contribution in [-0.4, -0.2) is 24.8 Å². The summed E-state index contributed by atoms with van der Waals surface area (Å²) in [5.74, 6) is -0.645. The number of pyridine rings is 1. The molecule has 0 radical (unpaired) electrons. The van der Waals surface area contributed by atoms with Crippen molar-refractivity contribution in [2.24, 2.45) is 7.05 Å². The van der Waals surface area contributed by atoms with Gasteiger partial charge in [-0.15, -0.1) is 0 Å². The molecule has 0 saturated carbocycles. The van der Waals surface area contributed by atoms with Crippen LogP contribution in [0.5, 0.6) is 0 Å². The summed E-state index contributed by atoms with van der Waals surface area (Å²) in [5, 5.41) is 13.4. The van der Waals surface area contributed by atoms with Gasteiger partial charge in [0.1, 0.15) is 12.2 Å². The van der Waals surface area contributed by atoms with Crippen molar-refractivity contribution >= 4 is 17.3 Å². The zero-order valence-electron chi connectivity index (χ0n) is 15.2. The fourth-order valence-corrected chi connectivity index (χ4v) is 2.80. The quantitative estimate of drug-likeness (QED) is 0.524. The first-order valence-electron chi connectivity index (χ1n) is 8.28. The van der Waals surface area contributed by atoms with Gasteiger partial charge >= 0.3 is 0 Å². The number of hydrogen-bond acceptors (Lipinski definition) is 5. The van der Waals surface area contributed by atoms with Gasteiger partial charge in [-0.2, -0.15) is 0 Å². The number of hydrogen-bond donors (Lipinski definition) is 1. The van der Waals surface area contributed by atoms with Crippen LogP contribution < -0.4 is 16.4 Å². The Bertz CT molecular complexity index is 1170. The Morgan fingerprint density at radius 1 is 1.14 bits per heavy atom. The number of anilines is 1. The highest BCUT2D eigenvalue weighted by Crippen LogP contribution is 2.14. The van der Waals surface area contributed by atoms with E-state index >= 15 is 0 Å². The largest absolute Gasteiger partial charge is 0.318 e. The number of carbonyl (C=O) groups is 1. The zero-order valence-corrected chi connectivity index (χ0v) is 15.2. The summed E-state index contributed by atoms with van der Waals surface area (Å²) in [4.78, 5) is 47.2. The Morgan fingerprint density at radius 3 is 2.46 bits per heavy atom. The van der Waals surface area contributed by atoms with E-state index in [-0.39, 0.29) is 11.4 Å². The lowest BCUT2D eigenvalue weighted by atomic mass is 10.3. The first kappa shape index (κ1) is 18.8. The highest BCUT2D eigenvalue weighted by molar-refractivity contribution is 5.91. The highest BCUT2D eigenvalue weighted by atomic mass is 16.6. The third-order valence-corrected chi connectivity index (χ3v) is 4.31. The van der Waals surface area contributed by atoms with E-state index < -0.39 is 28.5 Å². The van der Waals surface area contributed by atoms with Gasteiger partial charge in [0.05, 0.1) is 22.5 Å². The van der Waals surface area contributed by atoms with Gasteiger partial charge in [-0.3, -0.25) is 33.7 Å². The second kappa shape index (κ2) is 7.35. The van der Waals surface area contributed by atoms with Crippen molar-refractivity contribution in [3.63, 3.8) is 0 Å². The Kier molecular flexibility index (Phi) is 4.94. The van der Waals surface area contributed by atoms with E-state index in [9.17, 15) is 24.5 Å². The standard InChI is InChI=1S/C18H17N5O5/c1-12-17(18(26)22(20(12)2)13-6-4-3-5-7-13)19-15(24)11-21-10-14(23(27)28)8-9-16(21)25/h3-10H,11H2,1-2H3,(H,19,24). The maximum Gasteiger partial charge on any atom is 0.295 e. The van der Waals surface area contributed by atoms with Crippen LogP contribution in [0.2, 0.25) is 0 Å². The van der Waals surface area contributed by atoms with Crippen LogP contribution in [0.4, 0.5) is 11.4 Å². The molecule has 0 aliphatic heterocycles. The lowest BCUT2D eigenvalue weighted by molar-refractivity contribution is -0.385. The molecule has 0 aliphatic carbocycles. The van der Waals surface area contributed by atoms with Crippen LogP contribution in [0.25, 0.3) is 5.69 Å². The number of rotatable bonds is 5. The van der Waals surface area contributed by atoms with Gasteiger partial charge in [0.2, 0.25) is 5.91 Å². The van der Waals surface area contributed by atoms with Crippen molar-refractivity contribution in [1.82, 2.24) is 13.9 Å². The van der Waals surface area contributed by atoms with E-state index in [1.165, 1.54) is 4.68 Å². The molecule has 0 bridgehead atoms. The van der Waals surface area contributed by atoms with Crippen molar-refractivity contribution in [3.8, 4) is 5.69 Å². The predicted molar refractivity (Wildman–Crippen MR) is 102 cm³/mol. The summed E-state index contributed by atoms with van der Waals surface area (Å²) in [6.45, 7) is 1.22. The number of nitrogens with zero attached hydrogens (tertiary/aromatic N) is 4. The molecule has 0 fully saturated rings. The second-order valence-corrected chi connectivity index (χ2v) is 6.10. The molecule has 0 aliphatic rings. The summed E-state index contributed by atoms with van der Waals surface area (Å²) < 4.78 is 3.93. The maximum atomic E-state index is 12.8. The molecule has 1 aromatic carbocycles. The van der Waals surface area contributed by atoms with E-state index in [4.69, 9.17) is 0 Å². The summed E-state index contributed by atoms with van der Waals surface area (Å²) in [7, 11) is 1.68. The minimum atomic E-state index is -0.659. The minimum absolute atomic E-state index is 0.0785. The maximum absolute atomic E-state index is 12.8. The molecule has 10 nitrogen and oxygen atoms in total. The van der Waals surface area contributed by atoms with Gasteiger partial charge in [0.15, 0.2) is 0 Å². The number of benzene rings is 1. The monoisotopic (exact) mass is 383 g/mol. The third kappa shape index (κ3) is 3.47. The lowest BCUT2D eigenvalue weighted by Crippen LogP contribution is -2.29. The van der Waals surface area contributed by atoms with Crippen LogP contribution in [0.1, 0.15) is 5.69 Å². The van der Waals surface area contributed by atoms with Crippen LogP contribution in [0.15, 0.2) is 58.3 Å². The molecule has 0 saturated heterocycles. The fourth-order valence-electron chi connectivity index (χ4n) is 2.80. The SMILES string of the molecule is Cc1c(NC(=O)Cn2cc([N+](=O)[O-])ccc2=O)c(=O)n(-c2ccccc2)n1C. The molecule has 3 rings (SSSR count). The summed E-state index contributed by atoms with van der Waals surface area (Å²) in [5.41, 5.74) is -0.0650. The summed E-state index contributed by atoms with van der Waals surface area (Å²) in [6, 6.07) is 11.0. The van der Waals surface area contributed by atoms with Gasteiger partial charge in [-0.25, -0.2) is 4.68 Å². The molecular formula is C18H17N5O5. The molecule has 0 atom stereocenters. The molecule has 1 N–H and O–H groups in total. The predicted octanol–water partition coefficient (Wildman–Crippen LogP) is 1.19. The topological polar surface area (TPSA) is 121 Å². The Morgan fingerprint density at radius 2 is 1.82 bits per heavy atom. The van der Waals surface area contributed by atoms with Gasteiger partial charge in [0, 0.05) is 19.2 Å². The Balaban J connectivity index is 1.90. The van der Waals surface area contributed by atoms with E-state index in [0.29, 0.717) is 11.4 Å². The number of nitrogens with one attached hydrogen (secondary N) is 1. The second-order valence-electron chi connectivity index (χ2n) is 6.10. The average molecular weight is 383 g/mol. The smallest absolute Gasteiger partial charge is 0.295 e. The molecular weight excluding hydrogens is 366 g/mol. The van der Waals surface area contributed by atoms with Gasteiger partial charge in [0.25, 0.3) is 16.8 Å². The van der Waals surface area contributed by atoms with Crippen LogP contribution in [-0.2, 0) is 18.4 Å². The summed E-state index contributed by atoms with van der Waals surface area (Å²) >= 11 is 0. The fraction of sp³-hybridized carbons (Fsp3) is 0.167. The third-order valence-electron chi connectivity index (χ3n) is 4.31. The molecule has 10 heteroatoms. The summed E-state index contributed by atoms with van der Waals surface area (Å²) in [6.07, 6.45) is 0.988. The van der Waals surface area contributed by atoms with Crippen LogP contribution >= 0.6 is 0 Å². The van der Waals surface area contributed by atoms with E-state index in [2.05, 4.69) is 5.32 Å².